The molecule has 2 aromatic heterocycles. The summed E-state index contributed by atoms with van der Waals surface area (Å²) < 4.78 is 6.28. The number of aromatic nitrogens is 4. The second-order valence-corrected chi connectivity index (χ2v) is 9.38. The first-order valence-corrected chi connectivity index (χ1v) is 12.3. The summed E-state index contributed by atoms with van der Waals surface area (Å²) in [7, 11) is 3.45. The second-order valence-electron chi connectivity index (χ2n) is 9.38. The van der Waals surface area contributed by atoms with Gasteiger partial charge in [0.05, 0.1) is 33.3 Å². The number of nitro groups is 1. The van der Waals surface area contributed by atoms with Crippen LogP contribution in [0.3, 0.4) is 0 Å². The van der Waals surface area contributed by atoms with Crippen molar-refractivity contribution in [1.82, 2.24) is 18.7 Å². The first-order chi connectivity index (χ1) is 18.6. The highest BCUT2D eigenvalue weighted by Crippen LogP contribution is 2.39. The predicted molar refractivity (Wildman–Crippen MR) is 154 cm³/mol. The van der Waals surface area contributed by atoms with E-state index in [1.165, 1.54) is 27.6 Å². The van der Waals surface area contributed by atoms with Crippen LogP contribution in [0, 0.1) is 24.0 Å². The number of halogens is 1. The van der Waals surface area contributed by atoms with Crippen LogP contribution < -0.4 is 11.1 Å². The lowest BCUT2D eigenvalue weighted by Gasteiger charge is -2.17. The zero-order chi connectivity index (χ0) is 28.0. The van der Waals surface area contributed by atoms with Crippen LogP contribution in [0.5, 0.6) is 5.75 Å². The molecule has 0 amide bonds. The van der Waals surface area contributed by atoms with Gasteiger partial charge in [0.2, 0.25) is 0 Å². The Morgan fingerprint density at radius 2 is 1.18 bits per heavy atom. The maximum atomic E-state index is 14.1. The van der Waals surface area contributed by atoms with Gasteiger partial charge in [0.1, 0.15) is 5.75 Å². The summed E-state index contributed by atoms with van der Waals surface area (Å²) >= 11 is 0. The maximum Gasteiger partial charge on any atom is 0.275 e. The van der Waals surface area contributed by atoms with Crippen LogP contribution in [0.15, 0.2) is 88.5 Å². The van der Waals surface area contributed by atoms with Gasteiger partial charge in [0.25, 0.3) is 16.8 Å². The lowest BCUT2D eigenvalue weighted by atomic mass is 9.84. The molecule has 11 heteroatoms. The van der Waals surface area contributed by atoms with Gasteiger partial charge in [-0.1, -0.05) is 36.4 Å². The smallest absolute Gasteiger partial charge is 0.275 e. The van der Waals surface area contributed by atoms with E-state index in [4.69, 9.17) is 0 Å². The van der Waals surface area contributed by atoms with Gasteiger partial charge in [-0.3, -0.25) is 29.1 Å². The van der Waals surface area contributed by atoms with Crippen LogP contribution in [0.2, 0.25) is 0 Å². The molecule has 0 bridgehead atoms. The number of hydrogen-bond donors (Lipinski definition) is 1. The largest absolute Gasteiger partial charge is 0.508 e. The monoisotopic (exact) mass is 561 g/mol. The molecule has 1 N–H and O–H groups in total. The van der Waals surface area contributed by atoms with Gasteiger partial charge in [-0.2, -0.15) is 0 Å². The first-order valence-electron chi connectivity index (χ1n) is 12.3. The molecule has 0 aliphatic carbocycles. The summed E-state index contributed by atoms with van der Waals surface area (Å²) in [5.74, 6) is -1.35. The molecule has 3 aromatic carbocycles. The van der Waals surface area contributed by atoms with Crippen molar-refractivity contribution in [1.29, 1.82) is 0 Å². The molecule has 5 aromatic rings. The van der Waals surface area contributed by atoms with Crippen molar-refractivity contribution in [2.75, 3.05) is 0 Å². The molecular weight excluding hydrogens is 534 g/mol. The van der Waals surface area contributed by atoms with Crippen molar-refractivity contribution in [3.05, 3.63) is 138 Å². The molecule has 0 fully saturated rings. The Kier molecular flexibility index (Phi) is 7.57. The molecule has 0 saturated heterocycles. The Hall–Kier alpha value is -4.83. The highest BCUT2D eigenvalue weighted by atomic mass is 35.5. The van der Waals surface area contributed by atoms with E-state index in [1.807, 2.05) is 12.1 Å². The average molecular weight is 562 g/mol. The van der Waals surface area contributed by atoms with Crippen molar-refractivity contribution in [2.45, 2.75) is 19.8 Å². The summed E-state index contributed by atoms with van der Waals surface area (Å²) in [4.78, 5) is 39.9. The van der Waals surface area contributed by atoms with Gasteiger partial charge in [-0.05, 0) is 50.2 Å². The van der Waals surface area contributed by atoms with Crippen molar-refractivity contribution in [3.63, 3.8) is 0 Å². The maximum absolute atomic E-state index is 14.1. The van der Waals surface area contributed by atoms with Crippen molar-refractivity contribution >= 4 is 18.1 Å². The molecule has 206 valence electrons. The third-order valence-electron chi connectivity index (χ3n) is 7.29. The Balaban J connectivity index is 0.00000370. The van der Waals surface area contributed by atoms with Crippen LogP contribution in [-0.2, 0) is 14.1 Å². The summed E-state index contributed by atoms with van der Waals surface area (Å²) in [6.45, 7) is 3.48. The average Bonchev–Trinajstić information content (AvgIpc) is 3.28. The van der Waals surface area contributed by atoms with E-state index in [0.29, 0.717) is 22.8 Å². The molecule has 0 unspecified atom stereocenters. The van der Waals surface area contributed by atoms with Gasteiger partial charge >= 0.3 is 0 Å². The minimum absolute atomic E-state index is 0. The number of para-hydroxylation sites is 2. The third kappa shape index (κ3) is 4.42. The van der Waals surface area contributed by atoms with E-state index < -0.39 is 22.0 Å². The van der Waals surface area contributed by atoms with Gasteiger partial charge < -0.3 is 5.11 Å². The Labute approximate surface area is 235 Å². The van der Waals surface area contributed by atoms with E-state index in [-0.39, 0.29) is 40.5 Å². The quantitative estimate of drug-likeness (QED) is 0.242. The number of nitrogens with zero attached hydrogens (tertiary/aromatic N) is 5. The van der Waals surface area contributed by atoms with Crippen molar-refractivity contribution < 1.29 is 10.0 Å². The summed E-state index contributed by atoms with van der Waals surface area (Å²) in [5.41, 5.74) is 1.60. The number of nitro benzene ring substituents is 1. The molecule has 0 aliphatic heterocycles. The number of benzene rings is 3. The number of phenolic OH excluding ortho intramolecular Hbond substituents is 1. The van der Waals surface area contributed by atoms with Crippen LogP contribution >= 0.6 is 12.4 Å². The summed E-state index contributed by atoms with van der Waals surface area (Å²) in [5, 5.41) is 22.6. The fourth-order valence-corrected chi connectivity index (χ4v) is 5.24. The Morgan fingerprint density at radius 3 is 1.57 bits per heavy atom. The van der Waals surface area contributed by atoms with E-state index in [0.717, 1.165) is 0 Å². The summed E-state index contributed by atoms with van der Waals surface area (Å²) in [6, 6.07) is 21.7. The molecule has 0 spiro atoms. The summed E-state index contributed by atoms with van der Waals surface area (Å²) in [6.07, 6.45) is 0. The molecule has 10 nitrogen and oxygen atoms in total. The highest BCUT2D eigenvalue weighted by Gasteiger charge is 2.36. The first kappa shape index (κ1) is 28.2. The fourth-order valence-electron chi connectivity index (χ4n) is 5.24. The highest BCUT2D eigenvalue weighted by molar-refractivity contribution is 5.85. The molecule has 40 heavy (non-hydrogen) atoms. The molecule has 5 rings (SSSR count). The van der Waals surface area contributed by atoms with Crippen LogP contribution in [0.25, 0.3) is 11.4 Å². The van der Waals surface area contributed by atoms with Crippen LogP contribution in [-0.4, -0.2) is 28.8 Å². The minimum atomic E-state index is -1.13. The van der Waals surface area contributed by atoms with Crippen molar-refractivity contribution in [2.24, 2.45) is 14.1 Å². The van der Waals surface area contributed by atoms with Crippen molar-refractivity contribution in [3.8, 4) is 17.1 Å². The van der Waals surface area contributed by atoms with Gasteiger partial charge in [-0.25, -0.2) is 9.36 Å². The Bertz CT molecular complexity index is 1730. The number of rotatable bonds is 6. The zero-order valence-corrected chi connectivity index (χ0v) is 23.1. The Morgan fingerprint density at radius 1 is 0.750 bits per heavy atom. The van der Waals surface area contributed by atoms with Gasteiger partial charge in [0, 0.05) is 37.1 Å². The van der Waals surface area contributed by atoms with E-state index in [9.17, 15) is 24.8 Å². The zero-order valence-electron chi connectivity index (χ0n) is 22.3. The molecule has 0 radical (unpaired) electrons. The lowest BCUT2D eigenvalue weighted by Crippen LogP contribution is -2.26. The third-order valence-corrected chi connectivity index (χ3v) is 7.29. The van der Waals surface area contributed by atoms with Crippen LogP contribution in [0.1, 0.15) is 34.0 Å². The fraction of sp³-hybridized carbons (Fsp3) is 0.172. The lowest BCUT2D eigenvalue weighted by molar-refractivity contribution is -0.385. The molecule has 0 aliphatic rings. The predicted octanol–water partition coefficient (Wildman–Crippen LogP) is 4.50. The minimum Gasteiger partial charge on any atom is -0.508 e. The van der Waals surface area contributed by atoms with Gasteiger partial charge in [0.15, 0.2) is 0 Å². The standard InChI is InChI=1S/C29H27N5O5.ClH/c1-18-25(28(36)32(30(18)3)20-11-7-5-8-12-20)27(23-17-22(35)15-16-24(23)34(38)39)26-19(2)31(4)33(29(26)37)21-13-9-6-10-14-21;/h5-17,27,35H,1-4H3;1H. The van der Waals surface area contributed by atoms with E-state index >= 15 is 0 Å². The molecule has 0 atom stereocenters. The molecular formula is C29H28ClN5O5. The SMILES string of the molecule is Cc1c(C(c2cc(O)ccc2[N+](=O)[O-])c2c(C)n(C)n(-c3ccccc3)c2=O)c(=O)n(-c2ccccc2)n1C.Cl. The van der Waals surface area contributed by atoms with Gasteiger partial charge in [-0.15, -0.1) is 12.4 Å². The topological polar surface area (TPSA) is 117 Å². The van der Waals surface area contributed by atoms with E-state index in [2.05, 4.69) is 0 Å². The number of aromatic hydroxyl groups is 1. The van der Waals surface area contributed by atoms with Crippen LogP contribution in [0.4, 0.5) is 5.69 Å². The molecule has 2 heterocycles. The molecule has 0 saturated carbocycles. The normalized spacial score (nSPS) is 11.0. The van der Waals surface area contributed by atoms with E-state index in [1.54, 1.807) is 85.8 Å². The number of hydrogen-bond acceptors (Lipinski definition) is 5. The second kappa shape index (κ2) is 10.7. The number of phenols is 1.